The Labute approximate surface area is 90.1 Å². The Hall–Kier alpha value is -0.940. The summed E-state index contributed by atoms with van der Waals surface area (Å²) >= 11 is 1.75. The lowest BCUT2D eigenvalue weighted by Gasteiger charge is -2.09. The summed E-state index contributed by atoms with van der Waals surface area (Å²) in [5.41, 5.74) is 1.33. The minimum absolute atomic E-state index is 0.491. The molecule has 0 radical (unpaired) electrons. The fraction of sp³-hybridized carbons (Fsp3) is 0.417. The van der Waals surface area contributed by atoms with E-state index in [0.717, 1.165) is 6.42 Å². The van der Waals surface area contributed by atoms with Crippen molar-refractivity contribution >= 4 is 11.8 Å². The van der Waals surface area contributed by atoms with E-state index in [9.17, 15) is 0 Å². The molecule has 0 amide bonds. The van der Waals surface area contributed by atoms with E-state index in [1.54, 1.807) is 11.8 Å². The van der Waals surface area contributed by atoms with Gasteiger partial charge in [0.2, 0.25) is 0 Å². The molecule has 0 saturated carbocycles. The van der Waals surface area contributed by atoms with Gasteiger partial charge in [-0.25, -0.2) is 0 Å². The van der Waals surface area contributed by atoms with E-state index in [1.165, 1.54) is 10.5 Å². The molecule has 0 N–H and O–H groups in total. The monoisotopic (exact) mass is 205 g/mol. The van der Waals surface area contributed by atoms with Crippen molar-refractivity contribution in [3.8, 4) is 6.07 Å². The highest BCUT2D eigenvalue weighted by molar-refractivity contribution is 7.98. The fourth-order valence-electron chi connectivity index (χ4n) is 1.38. The van der Waals surface area contributed by atoms with Crippen LogP contribution in [0.15, 0.2) is 29.2 Å². The standard InChI is InChI=1S/C12H15NS/c1-10(4-3-9-13)11-5-7-12(14-2)8-6-11/h5-8,10H,3-4H2,1-2H3. The van der Waals surface area contributed by atoms with Crippen molar-refractivity contribution in [3.05, 3.63) is 29.8 Å². The molecule has 0 aromatic heterocycles. The molecule has 1 atom stereocenters. The molecular weight excluding hydrogens is 190 g/mol. The molecule has 2 heteroatoms. The molecule has 1 nitrogen and oxygen atoms in total. The number of nitrogens with zero attached hydrogens (tertiary/aromatic N) is 1. The van der Waals surface area contributed by atoms with Gasteiger partial charge in [-0.1, -0.05) is 19.1 Å². The van der Waals surface area contributed by atoms with E-state index in [0.29, 0.717) is 12.3 Å². The maximum absolute atomic E-state index is 8.49. The molecule has 0 heterocycles. The topological polar surface area (TPSA) is 23.8 Å². The van der Waals surface area contributed by atoms with Crippen LogP contribution < -0.4 is 0 Å². The van der Waals surface area contributed by atoms with Crippen LogP contribution in [0.1, 0.15) is 31.2 Å². The molecule has 0 aliphatic carbocycles. The summed E-state index contributed by atoms with van der Waals surface area (Å²) in [6, 6.07) is 10.8. The van der Waals surface area contributed by atoms with Crippen molar-refractivity contribution in [2.24, 2.45) is 0 Å². The zero-order valence-corrected chi connectivity index (χ0v) is 9.47. The van der Waals surface area contributed by atoms with Gasteiger partial charge < -0.3 is 0 Å². The normalized spacial score (nSPS) is 12.1. The Morgan fingerprint density at radius 3 is 2.50 bits per heavy atom. The van der Waals surface area contributed by atoms with Crippen LogP contribution in [0.3, 0.4) is 0 Å². The van der Waals surface area contributed by atoms with E-state index >= 15 is 0 Å². The van der Waals surface area contributed by atoms with E-state index < -0.39 is 0 Å². The van der Waals surface area contributed by atoms with Crippen molar-refractivity contribution in [2.75, 3.05) is 6.26 Å². The number of hydrogen-bond donors (Lipinski definition) is 0. The average molecular weight is 205 g/mol. The van der Waals surface area contributed by atoms with Crippen LogP contribution in [0.5, 0.6) is 0 Å². The summed E-state index contributed by atoms with van der Waals surface area (Å²) in [5, 5.41) is 8.49. The van der Waals surface area contributed by atoms with E-state index in [2.05, 4.69) is 43.5 Å². The first-order chi connectivity index (χ1) is 6.77. The molecule has 0 fully saturated rings. The molecular formula is C12H15NS. The quantitative estimate of drug-likeness (QED) is 0.698. The van der Waals surface area contributed by atoms with Crippen molar-refractivity contribution in [1.82, 2.24) is 0 Å². The number of hydrogen-bond acceptors (Lipinski definition) is 2. The first-order valence-corrected chi connectivity index (χ1v) is 6.01. The van der Waals surface area contributed by atoms with Crippen LogP contribution in [-0.4, -0.2) is 6.26 Å². The van der Waals surface area contributed by atoms with E-state index in [4.69, 9.17) is 5.26 Å². The molecule has 1 aromatic rings. The summed E-state index contributed by atoms with van der Waals surface area (Å²) in [6.45, 7) is 2.17. The van der Waals surface area contributed by atoms with Gasteiger partial charge >= 0.3 is 0 Å². The minimum atomic E-state index is 0.491. The largest absolute Gasteiger partial charge is 0.198 e. The number of thioether (sulfide) groups is 1. The van der Waals surface area contributed by atoms with Crippen LogP contribution in [0.25, 0.3) is 0 Å². The van der Waals surface area contributed by atoms with Gasteiger partial charge in [-0.05, 0) is 36.3 Å². The van der Waals surface area contributed by atoms with Crippen LogP contribution in [0, 0.1) is 11.3 Å². The average Bonchev–Trinajstić information content (AvgIpc) is 2.26. The second-order valence-electron chi connectivity index (χ2n) is 3.37. The molecule has 14 heavy (non-hydrogen) atoms. The highest BCUT2D eigenvalue weighted by atomic mass is 32.2. The highest BCUT2D eigenvalue weighted by Crippen LogP contribution is 2.23. The van der Waals surface area contributed by atoms with E-state index in [-0.39, 0.29) is 0 Å². The predicted molar refractivity (Wildman–Crippen MR) is 61.5 cm³/mol. The number of rotatable bonds is 4. The van der Waals surface area contributed by atoms with Gasteiger partial charge in [-0.3, -0.25) is 0 Å². The Morgan fingerprint density at radius 2 is 2.00 bits per heavy atom. The molecule has 0 spiro atoms. The maximum Gasteiger partial charge on any atom is 0.0621 e. The molecule has 1 aromatic carbocycles. The number of benzene rings is 1. The van der Waals surface area contributed by atoms with Gasteiger partial charge in [0.1, 0.15) is 0 Å². The molecule has 1 unspecified atom stereocenters. The highest BCUT2D eigenvalue weighted by Gasteiger charge is 2.04. The van der Waals surface area contributed by atoms with Crippen molar-refractivity contribution in [2.45, 2.75) is 30.6 Å². The zero-order valence-electron chi connectivity index (χ0n) is 8.66. The molecule has 74 valence electrons. The summed E-state index contributed by atoms with van der Waals surface area (Å²) in [4.78, 5) is 1.29. The van der Waals surface area contributed by atoms with Gasteiger partial charge in [0.15, 0.2) is 0 Å². The van der Waals surface area contributed by atoms with Crippen LogP contribution in [0.4, 0.5) is 0 Å². The van der Waals surface area contributed by atoms with Gasteiger partial charge in [0.05, 0.1) is 6.07 Å². The third kappa shape index (κ3) is 3.08. The van der Waals surface area contributed by atoms with Gasteiger partial charge in [0, 0.05) is 11.3 Å². The lowest BCUT2D eigenvalue weighted by Crippen LogP contribution is -1.92. The summed E-state index contributed by atoms with van der Waals surface area (Å²) in [6.07, 6.45) is 3.68. The molecule has 0 aliphatic rings. The molecule has 1 rings (SSSR count). The first-order valence-electron chi connectivity index (χ1n) is 4.79. The maximum atomic E-state index is 8.49. The third-order valence-electron chi connectivity index (χ3n) is 2.37. The second-order valence-corrected chi connectivity index (χ2v) is 4.25. The van der Waals surface area contributed by atoms with Gasteiger partial charge in [0.25, 0.3) is 0 Å². The smallest absolute Gasteiger partial charge is 0.0621 e. The van der Waals surface area contributed by atoms with E-state index in [1.807, 2.05) is 0 Å². The number of nitriles is 1. The molecule has 0 saturated heterocycles. The summed E-state index contributed by atoms with van der Waals surface area (Å²) < 4.78 is 0. The van der Waals surface area contributed by atoms with Crippen molar-refractivity contribution in [3.63, 3.8) is 0 Å². The Balaban J connectivity index is 2.62. The van der Waals surface area contributed by atoms with Crippen molar-refractivity contribution < 1.29 is 0 Å². The molecule has 0 bridgehead atoms. The zero-order chi connectivity index (χ0) is 10.4. The summed E-state index contributed by atoms with van der Waals surface area (Å²) in [7, 11) is 0. The Kier molecular flexibility index (Phi) is 4.55. The van der Waals surface area contributed by atoms with Crippen LogP contribution >= 0.6 is 11.8 Å². The fourth-order valence-corrected chi connectivity index (χ4v) is 1.79. The lowest BCUT2D eigenvalue weighted by molar-refractivity contribution is 0.695. The minimum Gasteiger partial charge on any atom is -0.198 e. The van der Waals surface area contributed by atoms with Gasteiger partial charge in [-0.15, -0.1) is 11.8 Å². The SMILES string of the molecule is CSc1ccc(C(C)CCC#N)cc1. The molecule has 0 aliphatic heterocycles. The summed E-state index contributed by atoms with van der Waals surface area (Å²) in [5.74, 6) is 0.491. The van der Waals surface area contributed by atoms with Gasteiger partial charge in [-0.2, -0.15) is 5.26 Å². The third-order valence-corrected chi connectivity index (χ3v) is 3.12. The Morgan fingerprint density at radius 1 is 1.36 bits per heavy atom. The first kappa shape index (κ1) is 11.1. The van der Waals surface area contributed by atoms with Crippen LogP contribution in [0.2, 0.25) is 0 Å². The van der Waals surface area contributed by atoms with Crippen molar-refractivity contribution in [1.29, 1.82) is 5.26 Å². The predicted octanol–water partition coefficient (Wildman–Crippen LogP) is 3.82. The lowest BCUT2D eigenvalue weighted by atomic mass is 9.97. The Bertz CT molecular complexity index is 310. The second kappa shape index (κ2) is 5.72. The van der Waals surface area contributed by atoms with Crippen LogP contribution in [-0.2, 0) is 0 Å².